The van der Waals surface area contributed by atoms with E-state index in [2.05, 4.69) is 33.2 Å². The summed E-state index contributed by atoms with van der Waals surface area (Å²) < 4.78 is 24.0. The molecule has 1 fully saturated rings. The average molecular weight is 429 g/mol. The molecule has 1 saturated heterocycles. The molecule has 1 aromatic carbocycles. The molecule has 5 nitrogen and oxygen atoms in total. The molecule has 1 aromatic rings. The summed E-state index contributed by atoms with van der Waals surface area (Å²) in [7, 11) is -3.03. The number of hydrogen-bond acceptors (Lipinski definition) is 4. The van der Waals surface area contributed by atoms with E-state index in [0.29, 0.717) is 17.3 Å². The lowest BCUT2D eigenvalue weighted by molar-refractivity contribution is -0.116. The van der Waals surface area contributed by atoms with Gasteiger partial charge < -0.3 is 10.6 Å². The van der Waals surface area contributed by atoms with Crippen LogP contribution in [0.25, 0.3) is 0 Å². The number of nitrogens with one attached hydrogen (secondary N) is 2. The molecule has 0 aromatic heterocycles. The summed E-state index contributed by atoms with van der Waals surface area (Å²) in [6.07, 6.45) is 0.113. The zero-order chi connectivity index (χ0) is 14.8. The van der Waals surface area contributed by atoms with Gasteiger partial charge in [0.2, 0.25) is 5.91 Å². The Balaban J connectivity index is 1.95. The predicted octanol–water partition coefficient (Wildman–Crippen LogP) is 1.66. The Morgan fingerprint density at radius 3 is 2.90 bits per heavy atom. The van der Waals surface area contributed by atoms with Crippen LogP contribution in [0.15, 0.2) is 18.2 Å². The molecular weight excluding hydrogens is 415 g/mol. The zero-order valence-corrected chi connectivity index (χ0v) is 14.3. The number of carbonyl (C=O) groups is 1. The van der Waals surface area contributed by atoms with Crippen LogP contribution in [0, 0.1) is 3.57 Å². The van der Waals surface area contributed by atoms with Crippen molar-refractivity contribution in [2.75, 3.05) is 23.4 Å². The van der Waals surface area contributed by atoms with Crippen LogP contribution in [0.5, 0.6) is 0 Å². The molecule has 1 aliphatic rings. The van der Waals surface area contributed by atoms with Gasteiger partial charge in [-0.15, -0.1) is 0 Å². The standard InChI is InChI=1S/C12H14ClIN2O3S/c13-10-5-8(14)1-2-11(10)16-12(17)6-9-7-20(18,19)4-3-15-9/h1-2,5,9,15H,3-4,6-7H2,(H,16,17). The van der Waals surface area contributed by atoms with Crippen molar-refractivity contribution in [3.8, 4) is 0 Å². The van der Waals surface area contributed by atoms with Crippen LogP contribution in [0.2, 0.25) is 5.02 Å². The van der Waals surface area contributed by atoms with Crippen molar-refractivity contribution in [3.05, 3.63) is 26.8 Å². The van der Waals surface area contributed by atoms with Crippen molar-refractivity contribution in [2.24, 2.45) is 0 Å². The van der Waals surface area contributed by atoms with Gasteiger partial charge in [-0.3, -0.25) is 4.79 Å². The first-order chi connectivity index (χ1) is 9.35. The van der Waals surface area contributed by atoms with E-state index in [0.717, 1.165) is 3.57 Å². The Morgan fingerprint density at radius 2 is 2.25 bits per heavy atom. The summed E-state index contributed by atoms with van der Waals surface area (Å²) in [6, 6.07) is 4.98. The zero-order valence-electron chi connectivity index (χ0n) is 10.5. The Labute approximate surface area is 136 Å². The van der Waals surface area contributed by atoms with Gasteiger partial charge in [0.25, 0.3) is 0 Å². The van der Waals surface area contributed by atoms with Crippen LogP contribution in [-0.4, -0.2) is 38.4 Å². The molecule has 1 atom stereocenters. The van der Waals surface area contributed by atoms with E-state index in [1.807, 2.05) is 6.07 Å². The molecule has 2 rings (SSSR count). The lowest BCUT2D eigenvalue weighted by Crippen LogP contribution is -2.46. The largest absolute Gasteiger partial charge is 0.325 e. The SMILES string of the molecule is O=C(CC1CS(=O)(=O)CCN1)Nc1ccc(I)cc1Cl. The molecule has 1 heterocycles. The van der Waals surface area contributed by atoms with E-state index in [1.54, 1.807) is 12.1 Å². The quantitative estimate of drug-likeness (QED) is 0.718. The molecule has 20 heavy (non-hydrogen) atoms. The Bertz CT molecular complexity index is 621. The van der Waals surface area contributed by atoms with Crippen LogP contribution >= 0.6 is 34.2 Å². The molecule has 110 valence electrons. The van der Waals surface area contributed by atoms with Gasteiger partial charge in [-0.25, -0.2) is 8.42 Å². The maximum Gasteiger partial charge on any atom is 0.226 e. The van der Waals surface area contributed by atoms with Gasteiger partial charge in [0.15, 0.2) is 9.84 Å². The molecule has 0 bridgehead atoms. The fourth-order valence-electron chi connectivity index (χ4n) is 2.01. The minimum atomic E-state index is -3.03. The Kier molecular flexibility index (Phi) is 5.27. The predicted molar refractivity (Wildman–Crippen MR) is 87.9 cm³/mol. The minimum Gasteiger partial charge on any atom is -0.325 e. The third-order valence-electron chi connectivity index (χ3n) is 2.94. The Hall–Kier alpha value is -0.380. The molecule has 2 N–H and O–H groups in total. The number of carbonyl (C=O) groups excluding carboxylic acids is 1. The van der Waals surface area contributed by atoms with Gasteiger partial charge in [-0.2, -0.15) is 0 Å². The lowest BCUT2D eigenvalue weighted by Gasteiger charge is -2.23. The number of anilines is 1. The smallest absolute Gasteiger partial charge is 0.226 e. The number of sulfone groups is 1. The normalized spacial score (nSPS) is 21.4. The van der Waals surface area contributed by atoms with E-state index in [4.69, 9.17) is 11.6 Å². The van der Waals surface area contributed by atoms with E-state index < -0.39 is 9.84 Å². The highest BCUT2D eigenvalue weighted by atomic mass is 127. The van der Waals surface area contributed by atoms with Gasteiger partial charge in [-0.1, -0.05) is 11.6 Å². The van der Waals surface area contributed by atoms with Crippen molar-refractivity contribution >= 4 is 55.6 Å². The van der Waals surface area contributed by atoms with Gasteiger partial charge in [-0.05, 0) is 40.8 Å². The van der Waals surface area contributed by atoms with Crippen LogP contribution in [0.3, 0.4) is 0 Å². The van der Waals surface area contributed by atoms with Crippen molar-refractivity contribution in [2.45, 2.75) is 12.5 Å². The first-order valence-electron chi connectivity index (χ1n) is 6.04. The fraction of sp³-hybridized carbons (Fsp3) is 0.417. The number of amides is 1. The molecule has 1 aliphatic heterocycles. The molecule has 0 spiro atoms. The van der Waals surface area contributed by atoms with Crippen LogP contribution < -0.4 is 10.6 Å². The van der Waals surface area contributed by atoms with Gasteiger partial charge in [0.1, 0.15) is 0 Å². The second kappa shape index (κ2) is 6.59. The number of hydrogen-bond donors (Lipinski definition) is 2. The van der Waals surface area contributed by atoms with Crippen LogP contribution in [0.4, 0.5) is 5.69 Å². The van der Waals surface area contributed by atoms with Gasteiger partial charge in [0.05, 0.1) is 22.2 Å². The number of halogens is 2. The van der Waals surface area contributed by atoms with E-state index >= 15 is 0 Å². The highest BCUT2D eigenvalue weighted by Crippen LogP contribution is 2.24. The molecule has 0 aliphatic carbocycles. The minimum absolute atomic E-state index is 0.000834. The number of benzene rings is 1. The number of rotatable bonds is 3. The van der Waals surface area contributed by atoms with Crippen LogP contribution in [-0.2, 0) is 14.6 Å². The summed E-state index contributed by atoms with van der Waals surface area (Å²) in [6.45, 7) is 0.393. The van der Waals surface area contributed by atoms with Crippen molar-refractivity contribution in [3.63, 3.8) is 0 Å². The van der Waals surface area contributed by atoms with Gasteiger partial charge in [0, 0.05) is 22.6 Å². The molecule has 1 amide bonds. The summed E-state index contributed by atoms with van der Waals surface area (Å²) in [5, 5.41) is 6.21. The van der Waals surface area contributed by atoms with Gasteiger partial charge >= 0.3 is 0 Å². The fourth-order valence-corrected chi connectivity index (χ4v) is 4.36. The monoisotopic (exact) mass is 428 g/mol. The Morgan fingerprint density at radius 1 is 1.50 bits per heavy atom. The van der Waals surface area contributed by atoms with E-state index in [-0.39, 0.29) is 29.9 Å². The summed E-state index contributed by atoms with van der Waals surface area (Å²) in [5.41, 5.74) is 0.538. The van der Waals surface area contributed by atoms with Crippen LogP contribution in [0.1, 0.15) is 6.42 Å². The molecule has 0 saturated carbocycles. The molecule has 1 unspecified atom stereocenters. The summed E-state index contributed by atoms with van der Waals surface area (Å²) >= 11 is 8.16. The second-order valence-corrected chi connectivity index (χ2v) is 8.52. The molecule has 0 radical (unpaired) electrons. The van der Waals surface area contributed by atoms with Crippen molar-refractivity contribution in [1.82, 2.24) is 5.32 Å². The van der Waals surface area contributed by atoms with E-state index in [9.17, 15) is 13.2 Å². The first kappa shape index (κ1) is 16.0. The highest BCUT2D eigenvalue weighted by Gasteiger charge is 2.26. The second-order valence-electron chi connectivity index (χ2n) is 4.64. The maximum absolute atomic E-state index is 11.9. The van der Waals surface area contributed by atoms with Crippen molar-refractivity contribution < 1.29 is 13.2 Å². The average Bonchev–Trinajstić information content (AvgIpc) is 2.31. The molecular formula is C12H14ClIN2O3S. The topological polar surface area (TPSA) is 75.3 Å². The highest BCUT2D eigenvalue weighted by molar-refractivity contribution is 14.1. The lowest BCUT2D eigenvalue weighted by atomic mass is 10.2. The summed E-state index contributed by atoms with van der Waals surface area (Å²) in [5.74, 6) is -0.114. The third kappa shape index (κ3) is 4.57. The first-order valence-corrected chi connectivity index (χ1v) is 9.32. The molecule has 8 heteroatoms. The maximum atomic E-state index is 11.9. The third-order valence-corrected chi connectivity index (χ3v) is 5.66. The van der Waals surface area contributed by atoms with Crippen molar-refractivity contribution in [1.29, 1.82) is 0 Å². The van der Waals surface area contributed by atoms with E-state index in [1.165, 1.54) is 0 Å². The summed E-state index contributed by atoms with van der Waals surface area (Å²) in [4.78, 5) is 11.9.